The van der Waals surface area contributed by atoms with E-state index >= 15 is 0 Å². The number of sulfonamides is 1. The quantitative estimate of drug-likeness (QED) is 0.741. The number of aliphatic hydroxyl groups is 1. The maximum atomic E-state index is 14.5. The Hall–Kier alpha value is -1.45. The van der Waals surface area contributed by atoms with E-state index in [1.807, 2.05) is 0 Å². The summed E-state index contributed by atoms with van der Waals surface area (Å²) in [5.74, 6) is -2.05. The van der Waals surface area contributed by atoms with Gasteiger partial charge in [0.2, 0.25) is 10.0 Å². The van der Waals surface area contributed by atoms with Crippen LogP contribution in [0.1, 0.15) is 43.6 Å². The summed E-state index contributed by atoms with van der Waals surface area (Å²) in [6.07, 6.45) is 3.07. The molecule has 1 heterocycles. The number of halogens is 1. The van der Waals surface area contributed by atoms with Gasteiger partial charge in [-0.05, 0) is 19.8 Å². The molecule has 1 saturated carbocycles. The number of ether oxygens (including phenoxy) is 1. The lowest BCUT2D eigenvalue weighted by atomic mass is 9.86. The molecule has 1 aromatic heterocycles. The van der Waals surface area contributed by atoms with Gasteiger partial charge in [0.1, 0.15) is 4.90 Å². The van der Waals surface area contributed by atoms with Gasteiger partial charge in [0.15, 0.2) is 11.5 Å². The van der Waals surface area contributed by atoms with Crippen LogP contribution in [0.5, 0.6) is 0 Å². The normalized spacial score (nSPS) is 24.3. The molecule has 9 heteroatoms. The van der Waals surface area contributed by atoms with E-state index < -0.39 is 43.9 Å². The zero-order chi connectivity index (χ0) is 18.1. The number of esters is 1. The molecular formula is C15H23FN2O5S. The lowest BCUT2D eigenvalue weighted by molar-refractivity contribution is 0.0509. The number of nitrogens with zero attached hydrogens (tertiary/aromatic N) is 1. The van der Waals surface area contributed by atoms with E-state index in [2.05, 4.69) is 4.72 Å². The van der Waals surface area contributed by atoms with Crippen LogP contribution in [0.3, 0.4) is 0 Å². The molecule has 2 rings (SSSR count). The van der Waals surface area contributed by atoms with Crippen molar-refractivity contribution in [2.45, 2.75) is 44.0 Å². The van der Waals surface area contributed by atoms with Crippen LogP contribution >= 0.6 is 0 Å². The molecule has 1 aliphatic rings. The fourth-order valence-electron chi connectivity index (χ4n) is 3.06. The van der Waals surface area contributed by atoms with Gasteiger partial charge in [-0.15, -0.1) is 0 Å². The van der Waals surface area contributed by atoms with Gasteiger partial charge in [0.05, 0.1) is 6.61 Å². The highest BCUT2D eigenvalue weighted by molar-refractivity contribution is 7.89. The highest BCUT2D eigenvalue weighted by Crippen LogP contribution is 2.38. The molecule has 0 aromatic carbocycles. The molecule has 0 saturated heterocycles. The lowest BCUT2D eigenvalue weighted by Crippen LogP contribution is -2.44. The van der Waals surface area contributed by atoms with Crippen molar-refractivity contribution >= 4 is 16.0 Å². The maximum Gasteiger partial charge on any atom is 0.358 e. The number of hydrogen-bond acceptors (Lipinski definition) is 5. The second-order valence-corrected chi connectivity index (χ2v) is 8.05. The van der Waals surface area contributed by atoms with Crippen LogP contribution in [0.15, 0.2) is 11.1 Å². The van der Waals surface area contributed by atoms with E-state index in [1.54, 1.807) is 13.8 Å². The predicted octanol–water partition coefficient (Wildman–Crippen LogP) is 1.17. The van der Waals surface area contributed by atoms with Crippen molar-refractivity contribution in [3.05, 3.63) is 17.7 Å². The highest BCUT2D eigenvalue weighted by atomic mass is 32.2. The molecule has 2 unspecified atom stereocenters. The van der Waals surface area contributed by atoms with E-state index in [1.165, 1.54) is 7.05 Å². The highest BCUT2D eigenvalue weighted by Gasteiger charge is 2.41. The van der Waals surface area contributed by atoms with E-state index in [4.69, 9.17) is 4.74 Å². The Kier molecular flexibility index (Phi) is 5.36. The Bertz CT molecular complexity index is 730. The van der Waals surface area contributed by atoms with Gasteiger partial charge in [-0.1, -0.05) is 13.3 Å². The summed E-state index contributed by atoms with van der Waals surface area (Å²) in [6, 6.07) is -0.488. The van der Waals surface area contributed by atoms with Crippen LogP contribution in [0.2, 0.25) is 0 Å². The third-order valence-electron chi connectivity index (χ3n) is 4.59. The average molecular weight is 362 g/mol. The summed E-state index contributed by atoms with van der Waals surface area (Å²) in [6.45, 7) is 3.26. The first-order chi connectivity index (χ1) is 11.2. The minimum atomic E-state index is -4.17. The first-order valence-corrected chi connectivity index (χ1v) is 9.29. The Balaban J connectivity index is 2.34. The van der Waals surface area contributed by atoms with E-state index in [0.29, 0.717) is 12.8 Å². The standard InChI is InChI=1S/C15H23FN2O5S/c1-4-23-14(20)13-12(16)10(8-18(13)3)24(21,22)17-11-6-5-7-15(11,2)9-19/h8,11,17,19H,4-7,9H2,1-3H3. The van der Waals surface area contributed by atoms with Crippen molar-refractivity contribution in [1.82, 2.24) is 9.29 Å². The van der Waals surface area contributed by atoms with Crippen LogP contribution in [-0.2, 0) is 21.8 Å². The molecule has 1 aromatic rings. The molecule has 2 N–H and O–H groups in total. The lowest BCUT2D eigenvalue weighted by Gasteiger charge is -2.29. The number of aliphatic hydroxyl groups excluding tert-OH is 1. The largest absolute Gasteiger partial charge is 0.461 e. The predicted molar refractivity (Wildman–Crippen MR) is 84.5 cm³/mol. The van der Waals surface area contributed by atoms with Crippen molar-refractivity contribution in [3.8, 4) is 0 Å². The number of nitrogens with one attached hydrogen (secondary N) is 1. The van der Waals surface area contributed by atoms with Crippen LogP contribution < -0.4 is 4.72 Å². The molecule has 0 bridgehead atoms. The molecule has 0 radical (unpaired) electrons. The number of rotatable bonds is 6. The van der Waals surface area contributed by atoms with E-state index in [9.17, 15) is 22.7 Å². The summed E-state index contributed by atoms with van der Waals surface area (Å²) in [5.41, 5.74) is -1.02. The van der Waals surface area contributed by atoms with Crippen LogP contribution in [0.4, 0.5) is 4.39 Å². The Labute approximate surface area is 140 Å². The fourth-order valence-corrected chi connectivity index (χ4v) is 4.60. The van der Waals surface area contributed by atoms with Gasteiger partial charge in [-0.3, -0.25) is 0 Å². The summed E-state index contributed by atoms with van der Waals surface area (Å²) in [7, 11) is -2.79. The average Bonchev–Trinajstić information content (AvgIpc) is 3.00. The zero-order valence-corrected chi connectivity index (χ0v) is 14.8. The van der Waals surface area contributed by atoms with E-state index in [-0.39, 0.29) is 13.2 Å². The topological polar surface area (TPSA) is 97.6 Å². The minimum Gasteiger partial charge on any atom is -0.461 e. The Morgan fingerprint density at radius 2 is 2.25 bits per heavy atom. The van der Waals surface area contributed by atoms with Gasteiger partial charge in [-0.2, -0.15) is 0 Å². The minimum absolute atomic E-state index is 0.0563. The van der Waals surface area contributed by atoms with Gasteiger partial charge >= 0.3 is 5.97 Å². The van der Waals surface area contributed by atoms with Crippen molar-refractivity contribution in [3.63, 3.8) is 0 Å². The van der Waals surface area contributed by atoms with Gasteiger partial charge in [0.25, 0.3) is 0 Å². The first kappa shape index (κ1) is 18.9. The molecule has 2 atom stereocenters. The molecular weight excluding hydrogens is 339 g/mol. The monoisotopic (exact) mass is 362 g/mol. The van der Waals surface area contributed by atoms with Crippen LogP contribution in [-0.4, -0.2) is 43.3 Å². The van der Waals surface area contributed by atoms with Crippen LogP contribution in [0.25, 0.3) is 0 Å². The Morgan fingerprint density at radius 1 is 1.58 bits per heavy atom. The van der Waals surface area contributed by atoms with Crippen molar-refractivity contribution in [2.24, 2.45) is 12.5 Å². The molecule has 0 amide bonds. The number of aromatic nitrogens is 1. The Morgan fingerprint density at radius 3 is 2.83 bits per heavy atom. The number of carbonyl (C=O) groups excluding carboxylic acids is 1. The number of aryl methyl sites for hydroxylation is 1. The number of hydrogen-bond donors (Lipinski definition) is 2. The second-order valence-electron chi connectivity index (χ2n) is 6.37. The summed E-state index contributed by atoms with van der Waals surface area (Å²) < 4.78 is 48.0. The third kappa shape index (κ3) is 3.33. The van der Waals surface area contributed by atoms with Crippen LogP contribution in [0, 0.1) is 11.2 Å². The molecule has 7 nitrogen and oxygen atoms in total. The summed E-state index contributed by atoms with van der Waals surface area (Å²) in [5, 5.41) is 9.52. The molecule has 136 valence electrons. The molecule has 1 aliphatic carbocycles. The fraction of sp³-hybridized carbons (Fsp3) is 0.667. The maximum absolute atomic E-state index is 14.5. The third-order valence-corrected chi connectivity index (χ3v) is 6.05. The van der Waals surface area contributed by atoms with Crippen molar-refractivity contribution in [2.75, 3.05) is 13.2 Å². The first-order valence-electron chi connectivity index (χ1n) is 7.81. The summed E-state index contributed by atoms with van der Waals surface area (Å²) in [4.78, 5) is 11.2. The molecule has 1 fully saturated rings. The SMILES string of the molecule is CCOC(=O)c1c(F)c(S(=O)(=O)NC2CCCC2(C)CO)cn1C. The van der Waals surface area contributed by atoms with Crippen molar-refractivity contribution in [1.29, 1.82) is 0 Å². The van der Waals surface area contributed by atoms with Gasteiger partial charge in [0, 0.05) is 31.3 Å². The molecule has 24 heavy (non-hydrogen) atoms. The van der Waals surface area contributed by atoms with Gasteiger partial charge in [-0.25, -0.2) is 22.3 Å². The smallest absolute Gasteiger partial charge is 0.358 e. The second kappa shape index (κ2) is 6.81. The van der Waals surface area contributed by atoms with E-state index in [0.717, 1.165) is 17.2 Å². The molecule has 0 aliphatic heterocycles. The molecule has 0 spiro atoms. The van der Waals surface area contributed by atoms with Gasteiger partial charge < -0.3 is 14.4 Å². The zero-order valence-electron chi connectivity index (χ0n) is 14.0. The number of carbonyl (C=O) groups is 1. The summed E-state index contributed by atoms with van der Waals surface area (Å²) >= 11 is 0. The van der Waals surface area contributed by atoms with Crippen molar-refractivity contribution < 1.29 is 27.4 Å².